The van der Waals surface area contributed by atoms with Gasteiger partial charge in [0.15, 0.2) is 5.78 Å². The van der Waals surface area contributed by atoms with Crippen molar-refractivity contribution in [1.82, 2.24) is 5.32 Å². The first kappa shape index (κ1) is 24.0. The van der Waals surface area contributed by atoms with Crippen LogP contribution in [0.2, 0.25) is 0 Å². The fraction of sp³-hybridized carbons (Fsp3) is 0.407. The van der Waals surface area contributed by atoms with Gasteiger partial charge in [-0.15, -0.1) is 0 Å². The van der Waals surface area contributed by atoms with Gasteiger partial charge >= 0.3 is 0 Å². The Bertz CT molecular complexity index is 1110. The first-order valence-electron chi connectivity index (χ1n) is 11.7. The molecule has 0 fully saturated rings. The van der Waals surface area contributed by atoms with Crippen molar-refractivity contribution < 1.29 is 18.7 Å². The number of amides is 1. The number of fused-ring (bicyclic) bond motifs is 1. The van der Waals surface area contributed by atoms with Crippen LogP contribution < -0.4 is 15.5 Å². The monoisotopic (exact) mass is 465 g/mol. The Labute approximate surface area is 200 Å². The number of nitrogens with zero attached hydrogens (tertiary/aromatic N) is 1. The zero-order chi connectivity index (χ0) is 24.3. The minimum Gasteiger partial charge on any atom is -0.385 e. The molecule has 1 amide bonds. The number of methoxy groups -OCH3 is 1. The topological polar surface area (TPSA) is 70.7 Å². The summed E-state index contributed by atoms with van der Waals surface area (Å²) in [5.74, 6) is -0.618. The molecule has 6 nitrogen and oxygen atoms in total. The van der Waals surface area contributed by atoms with E-state index in [0.29, 0.717) is 43.6 Å². The van der Waals surface area contributed by atoms with Gasteiger partial charge in [0.05, 0.1) is 24.0 Å². The molecule has 0 radical (unpaired) electrons. The lowest BCUT2D eigenvalue weighted by molar-refractivity contribution is -0.120. The quantitative estimate of drug-likeness (QED) is 0.585. The van der Waals surface area contributed by atoms with Crippen molar-refractivity contribution >= 4 is 23.1 Å². The molecular formula is C27H32FN3O3. The number of allylic oxidation sites excluding steroid dienone is 1. The Kier molecular flexibility index (Phi) is 7.03. The minimum atomic E-state index is -0.722. The van der Waals surface area contributed by atoms with Crippen molar-refractivity contribution in [3.8, 4) is 0 Å². The average molecular weight is 466 g/mol. The highest BCUT2D eigenvalue weighted by atomic mass is 19.1. The summed E-state index contributed by atoms with van der Waals surface area (Å²) >= 11 is 0. The molecule has 2 aromatic rings. The summed E-state index contributed by atoms with van der Waals surface area (Å²) < 4.78 is 20.3. The van der Waals surface area contributed by atoms with Crippen molar-refractivity contribution in [2.75, 3.05) is 37.0 Å². The van der Waals surface area contributed by atoms with Crippen molar-refractivity contribution in [2.24, 2.45) is 5.41 Å². The molecule has 2 N–H and O–H groups in total. The van der Waals surface area contributed by atoms with Crippen LogP contribution >= 0.6 is 0 Å². The normalized spacial score (nSPS) is 19.1. The number of Topliss-reactive ketones (excluding diaryl/α,β-unsaturated/α-hetero) is 1. The second kappa shape index (κ2) is 9.97. The Morgan fingerprint density at radius 1 is 1.18 bits per heavy atom. The average Bonchev–Trinajstić information content (AvgIpc) is 2.91. The van der Waals surface area contributed by atoms with Gasteiger partial charge in [0.2, 0.25) is 5.91 Å². The molecule has 0 spiro atoms. The molecule has 0 saturated carbocycles. The van der Waals surface area contributed by atoms with E-state index in [1.54, 1.807) is 25.3 Å². The van der Waals surface area contributed by atoms with Crippen LogP contribution in [-0.4, -0.2) is 38.5 Å². The van der Waals surface area contributed by atoms with Gasteiger partial charge in [-0.1, -0.05) is 44.2 Å². The first-order chi connectivity index (χ1) is 16.3. The third kappa shape index (κ3) is 4.99. The zero-order valence-electron chi connectivity index (χ0n) is 20.0. The third-order valence-electron chi connectivity index (χ3n) is 6.37. The molecule has 2 aliphatic rings. The van der Waals surface area contributed by atoms with Crippen LogP contribution in [0, 0.1) is 11.2 Å². The number of benzene rings is 2. The van der Waals surface area contributed by atoms with Gasteiger partial charge in [-0.25, -0.2) is 4.39 Å². The number of hydrogen-bond acceptors (Lipinski definition) is 5. The highest BCUT2D eigenvalue weighted by Crippen LogP contribution is 2.48. The Morgan fingerprint density at radius 2 is 1.91 bits per heavy atom. The standard InChI is InChI=1S/C27H32FN3O3/c1-27(2)15-21-25(23(32)16-27)26(18-9-4-5-10-19(18)28)31(17-24(33)29-13-8-14-34-3)22-12-7-6-11-20(22)30-21/h4-7,9-12,26,30H,8,13-17H2,1-3H3,(H,29,33). The number of rotatable bonds is 7. The maximum Gasteiger partial charge on any atom is 0.239 e. The lowest BCUT2D eigenvalue weighted by Gasteiger charge is -2.38. The van der Waals surface area contributed by atoms with Crippen LogP contribution in [0.5, 0.6) is 0 Å². The largest absolute Gasteiger partial charge is 0.385 e. The second-order valence-electron chi connectivity index (χ2n) is 9.72. The van der Waals surface area contributed by atoms with Gasteiger partial charge in [0, 0.05) is 43.5 Å². The van der Waals surface area contributed by atoms with Crippen LogP contribution in [-0.2, 0) is 14.3 Å². The predicted octanol–water partition coefficient (Wildman–Crippen LogP) is 4.59. The molecule has 0 saturated heterocycles. The van der Waals surface area contributed by atoms with E-state index in [1.165, 1.54) is 6.07 Å². The van der Waals surface area contributed by atoms with Crippen molar-refractivity contribution in [3.05, 3.63) is 71.2 Å². The van der Waals surface area contributed by atoms with E-state index in [-0.39, 0.29) is 23.7 Å². The van der Waals surface area contributed by atoms with Gasteiger partial charge < -0.3 is 20.3 Å². The lowest BCUT2D eigenvalue weighted by Crippen LogP contribution is -2.42. The Hall–Kier alpha value is -3.19. The van der Waals surface area contributed by atoms with E-state index >= 15 is 4.39 Å². The van der Waals surface area contributed by atoms with Crippen molar-refractivity contribution in [1.29, 1.82) is 0 Å². The van der Waals surface area contributed by atoms with Crippen LogP contribution in [0.25, 0.3) is 0 Å². The number of carbonyl (C=O) groups excluding carboxylic acids is 2. The van der Waals surface area contributed by atoms with Gasteiger partial charge in [0.1, 0.15) is 5.82 Å². The van der Waals surface area contributed by atoms with E-state index in [0.717, 1.165) is 17.1 Å². The summed E-state index contributed by atoms with van der Waals surface area (Å²) in [6.07, 6.45) is 1.72. The minimum absolute atomic E-state index is 0.0157. The maximum atomic E-state index is 15.2. The molecule has 0 aromatic heterocycles. The third-order valence-corrected chi connectivity index (χ3v) is 6.37. The maximum absolute atomic E-state index is 15.2. The molecule has 1 atom stereocenters. The van der Waals surface area contributed by atoms with Crippen LogP contribution in [0.15, 0.2) is 59.8 Å². The summed E-state index contributed by atoms with van der Waals surface area (Å²) in [5, 5.41) is 6.40. The first-order valence-corrected chi connectivity index (χ1v) is 11.7. The van der Waals surface area contributed by atoms with Gasteiger partial charge in [-0.2, -0.15) is 0 Å². The molecule has 34 heavy (non-hydrogen) atoms. The van der Waals surface area contributed by atoms with Gasteiger partial charge in [-0.3, -0.25) is 9.59 Å². The van der Waals surface area contributed by atoms with Gasteiger partial charge in [0.25, 0.3) is 0 Å². The molecule has 1 heterocycles. The number of anilines is 2. The molecular weight excluding hydrogens is 433 g/mol. The lowest BCUT2D eigenvalue weighted by atomic mass is 9.73. The molecule has 0 bridgehead atoms. The Morgan fingerprint density at radius 3 is 2.68 bits per heavy atom. The van der Waals surface area contributed by atoms with Crippen LogP contribution in [0.3, 0.4) is 0 Å². The fourth-order valence-corrected chi connectivity index (χ4v) is 4.90. The number of carbonyl (C=O) groups is 2. The number of para-hydroxylation sites is 2. The molecule has 4 rings (SSSR count). The Balaban J connectivity index is 1.83. The highest BCUT2D eigenvalue weighted by Gasteiger charge is 2.42. The van der Waals surface area contributed by atoms with Gasteiger partial charge in [-0.05, 0) is 36.5 Å². The number of ketones is 1. The van der Waals surface area contributed by atoms with E-state index in [2.05, 4.69) is 24.5 Å². The summed E-state index contributed by atoms with van der Waals surface area (Å²) in [6, 6.07) is 13.4. The molecule has 2 aromatic carbocycles. The number of halogens is 1. The van der Waals surface area contributed by atoms with E-state index in [9.17, 15) is 9.59 Å². The summed E-state index contributed by atoms with van der Waals surface area (Å²) in [4.78, 5) is 28.4. The molecule has 1 aliphatic heterocycles. The van der Waals surface area contributed by atoms with Crippen LogP contribution in [0.1, 0.15) is 44.7 Å². The second-order valence-corrected chi connectivity index (χ2v) is 9.72. The van der Waals surface area contributed by atoms with Crippen molar-refractivity contribution in [3.63, 3.8) is 0 Å². The number of nitrogens with one attached hydrogen (secondary N) is 2. The molecule has 7 heteroatoms. The predicted molar refractivity (Wildman–Crippen MR) is 131 cm³/mol. The fourth-order valence-electron chi connectivity index (χ4n) is 4.90. The summed E-state index contributed by atoms with van der Waals surface area (Å²) in [6.45, 7) is 5.14. The number of hydrogen-bond donors (Lipinski definition) is 2. The highest BCUT2D eigenvalue weighted by molar-refractivity contribution is 6.01. The summed E-state index contributed by atoms with van der Waals surface area (Å²) in [7, 11) is 1.62. The molecule has 1 aliphatic carbocycles. The van der Waals surface area contributed by atoms with Crippen LogP contribution in [0.4, 0.5) is 15.8 Å². The SMILES string of the molecule is COCCCNC(=O)CN1c2ccccc2NC2=C(C(=O)CC(C)(C)C2)C1c1ccccc1F. The smallest absolute Gasteiger partial charge is 0.239 e. The van der Waals surface area contributed by atoms with E-state index < -0.39 is 11.9 Å². The van der Waals surface area contributed by atoms with E-state index in [1.807, 2.05) is 29.2 Å². The zero-order valence-corrected chi connectivity index (χ0v) is 20.0. The molecule has 1 unspecified atom stereocenters. The van der Waals surface area contributed by atoms with Crippen molar-refractivity contribution in [2.45, 2.75) is 39.2 Å². The summed E-state index contributed by atoms with van der Waals surface area (Å²) in [5.41, 5.74) is 3.05. The molecule has 180 valence electrons. The number of ether oxygens (including phenoxy) is 1. The van der Waals surface area contributed by atoms with E-state index in [4.69, 9.17) is 4.74 Å².